The van der Waals surface area contributed by atoms with Gasteiger partial charge in [0.2, 0.25) is 20.0 Å². The first kappa shape index (κ1) is 21.0. The minimum absolute atomic E-state index is 0.0117. The zero-order chi connectivity index (χ0) is 21.2. The summed E-state index contributed by atoms with van der Waals surface area (Å²) < 4.78 is 54.2. The molecule has 10 heteroatoms. The van der Waals surface area contributed by atoms with Crippen LogP contribution in [0, 0.1) is 22.7 Å². The second kappa shape index (κ2) is 7.93. The molecule has 0 saturated carbocycles. The highest BCUT2D eigenvalue weighted by Crippen LogP contribution is 2.25. The third-order valence-electron chi connectivity index (χ3n) is 4.74. The Morgan fingerprint density at radius 3 is 1.66 bits per heavy atom. The first-order valence-electron chi connectivity index (χ1n) is 8.72. The zero-order valence-electron chi connectivity index (χ0n) is 15.6. The Morgan fingerprint density at radius 1 is 0.793 bits per heavy atom. The highest BCUT2D eigenvalue weighted by Gasteiger charge is 2.38. The minimum atomic E-state index is -3.81. The summed E-state index contributed by atoms with van der Waals surface area (Å²) in [7, 11) is -7.61. The lowest BCUT2D eigenvalue weighted by atomic mass is 10.2. The van der Waals surface area contributed by atoms with Crippen LogP contribution in [0.1, 0.15) is 18.1 Å². The van der Waals surface area contributed by atoms with E-state index in [1.807, 2.05) is 12.1 Å². The van der Waals surface area contributed by atoms with E-state index in [0.717, 1.165) is 0 Å². The molecule has 0 unspecified atom stereocenters. The Hall–Kier alpha value is -2.76. The standard InChI is InChI=1S/C19H18N4O4S2/c1-15-14-22(28(24,25)18-6-2-16(12-20)3-7-18)10-11-23(15)29(26,27)19-8-4-17(13-21)5-9-19/h2-9,15H,10-11,14H2,1H3/t15-/m0/s1. The molecule has 0 spiro atoms. The Kier molecular flexibility index (Phi) is 5.73. The van der Waals surface area contributed by atoms with E-state index in [4.69, 9.17) is 10.5 Å². The number of piperazine rings is 1. The number of hydrogen-bond acceptors (Lipinski definition) is 6. The van der Waals surface area contributed by atoms with Gasteiger partial charge in [-0.2, -0.15) is 19.1 Å². The van der Waals surface area contributed by atoms with Crippen LogP contribution in [0.15, 0.2) is 58.3 Å². The first-order chi connectivity index (χ1) is 13.7. The van der Waals surface area contributed by atoms with Crippen LogP contribution in [-0.4, -0.2) is 51.1 Å². The molecular weight excluding hydrogens is 412 g/mol. The lowest BCUT2D eigenvalue weighted by molar-refractivity contribution is 0.212. The van der Waals surface area contributed by atoms with Crippen LogP contribution in [-0.2, 0) is 20.0 Å². The van der Waals surface area contributed by atoms with Crippen molar-refractivity contribution in [1.29, 1.82) is 10.5 Å². The van der Waals surface area contributed by atoms with Crippen LogP contribution in [0.5, 0.6) is 0 Å². The van der Waals surface area contributed by atoms with E-state index in [9.17, 15) is 16.8 Å². The molecular formula is C19H18N4O4S2. The Labute approximate surface area is 170 Å². The molecule has 1 atom stereocenters. The SMILES string of the molecule is C[C@H]1CN(S(=O)(=O)c2ccc(C#N)cc2)CCN1S(=O)(=O)c1ccc(C#N)cc1. The zero-order valence-corrected chi connectivity index (χ0v) is 17.2. The van der Waals surface area contributed by atoms with Crippen molar-refractivity contribution in [2.45, 2.75) is 22.8 Å². The average molecular weight is 431 g/mol. The van der Waals surface area contributed by atoms with Crippen LogP contribution in [0.25, 0.3) is 0 Å². The van der Waals surface area contributed by atoms with Crippen molar-refractivity contribution in [3.63, 3.8) is 0 Å². The highest BCUT2D eigenvalue weighted by molar-refractivity contribution is 7.89. The molecule has 0 N–H and O–H groups in total. The number of sulfonamides is 2. The maximum absolute atomic E-state index is 12.9. The summed E-state index contributed by atoms with van der Waals surface area (Å²) in [5.41, 5.74) is 0.714. The van der Waals surface area contributed by atoms with Gasteiger partial charge in [0.05, 0.1) is 33.1 Å². The van der Waals surface area contributed by atoms with Crippen molar-refractivity contribution in [1.82, 2.24) is 8.61 Å². The van der Waals surface area contributed by atoms with Gasteiger partial charge in [-0.1, -0.05) is 0 Å². The maximum atomic E-state index is 12.9. The van der Waals surface area contributed by atoms with Crippen molar-refractivity contribution < 1.29 is 16.8 Å². The van der Waals surface area contributed by atoms with Gasteiger partial charge in [-0.15, -0.1) is 0 Å². The van der Waals surface area contributed by atoms with Crippen LogP contribution in [0.2, 0.25) is 0 Å². The Bertz CT molecular complexity index is 1190. The van der Waals surface area contributed by atoms with Gasteiger partial charge in [0.15, 0.2) is 0 Å². The van der Waals surface area contributed by atoms with E-state index in [0.29, 0.717) is 11.1 Å². The molecule has 3 rings (SSSR count). The summed E-state index contributed by atoms with van der Waals surface area (Å²) in [6.07, 6.45) is 0. The Balaban J connectivity index is 1.80. The summed E-state index contributed by atoms with van der Waals surface area (Å²) in [4.78, 5) is 0.124. The maximum Gasteiger partial charge on any atom is 0.243 e. The lowest BCUT2D eigenvalue weighted by Crippen LogP contribution is -2.55. The first-order valence-corrected chi connectivity index (χ1v) is 11.6. The molecule has 0 aliphatic carbocycles. The van der Waals surface area contributed by atoms with E-state index < -0.39 is 26.1 Å². The molecule has 29 heavy (non-hydrogen) atoms. The number of benzene rings is 2. The summed E-state index contributed by atoms with van der Waals surface area (Å²) >= 11 is 0. The van der Waals surface area contributed by atoms with E-state index >= 15 is 0 Å². The van der Waals surface area contributed by atoms with E-state index in [2.05, 4.69) is 0 Å². The van der Waals surface area contributed by atoms with Gasteiger partial charge in [0.25, 0.3) is 0 Å². The molecule has 0 aromatic heterocycles. The number of hydrogen-bond donors (Lipinski definition) is 0. The molecule has 1 fully saturated rings. The van der Waals surface area contributed by atoms with E-state index in [1.165, 1.54) is 57.1 Å². The topological polar surface area (TPSA) is 122 Å². The van der Waals surface area contributed by atoms with Crippen LogP contribution in [0.4, 0.5) is 0 Å². The fourth-order valence-electron chi connectivity index (χ4n) is 3.17. The molecule has 0 radical (unpaired) electrons. The van der Waals surface area contributed by atoms with Crippen LogP contribution in [0.3, 0.4) is 0 Å². The molecule has 1 heterocycles. The number of nitriles is 2. The van der Waals surface area contributed by atoms with Gasteiger partial charge in [0, 0.05) is 25.7 Å². The third-order valence-corrected chi connectivity index (χ3v) is 8.65. The third kappa shape index (κ3) is 4.02. The molecule has 8 nitrogen and oxygen atoms in total. The average Bonchev–Trinajstić information content (AvgIpc) is 2.73. The lowest BCUT2D eigenvalue weighted by Gasteiger charge is -2.38. The van der Waals surface area contributed by atoms with Gasteiger partial charge < -0.3 is 0 Å². The monoisotopic (exact) mass is 430 g/mol. The minimum Gasteiger partial charge on any atom is -0.207 e. The molecule has 0 bridgehead atoms. The van der Waals surface area contributed by atoms with Crippen molar-refractivity contribution in [2.75, 3.05) is 19.6 Å². The molecule has 150 valence electrons. The van der Waals surface area contributed by atoms with Crippen molar-refractivity contribution in [3.05, 3.63) is 59.7 Å². The van der Waals surface area contributed by atoms with Gasteiger partial charge in [0.1, 0.15) is 0 Å². The highest BCUT2D eigenvalue weighted by atomic mass is 32.2. The second-order valence-electron chi connectivity index (χ2n) is 6.60. The van der Waals surface area contributed by atoms with Gasteiger partial charge in [-0.05, 0) is 55.5 Å². The van der Waals surface area contributed by atoms with Gasteiger partial charge in [-0.3, -0.25) is 0 Å². The van der Waals surface area contributed by atoms with Crippen molar-refractivity contribution in [3.8, 4) is 12.1 Å². The molecule has 2 aromatic rings. The smallest absolute Gasteiger partial charge is 0.207 e. The van der Waals surface area contributed by atoms with Gasteiger partial charge >= 0.3 is 0 Å². The normalized spacial score (nSPS) is 18.7. The molecule has 1 aliphatic heterocycles. The van der Waals surface area contributed by atoms with Crippen molar-refractivity contribution >= 4 is 20.0 Å². The predicted octanol–water partition coefficient (Wildman–Crippen LogP) is 1.51. The Morgan fingerprint density at radius 2 is 1.24 bits per heavy atom. The predicted molar refractivity (Wildman–Crippen MR) is 104 cm³/mol. The van der Waals surface area contributed by atoms with E-state index in [-0.39, 0.29) is 29.4 Å². The van der Waals surface area contributed by atoms with E-state index in [1.54, 1.807) is 6.92 Å². The fraction of sp³-hybridized carbons (Fsp3) is 0.263. The second-order valence-corrected chi connectivity index (χ2v) is 10.4. The fourth-order valence-corrected chi connectivity index (χ4v) is 6.30. The number of rotatable bonds is 4. The molecule has 0 amide bonds. The quantitative estimate of drug-likeness (QED) is 0.725. The summed E-state index contributed by atoms with van der Waals surface area (Å²) in [6.45, 7) is 1.70. The van der Waals surface area contributed by atoms with Crippen LogP contribution >= 0.6 is 0 Å². The van der Waals surface area contributed by atoms with Crippen molar-refractivity contribution in [2.24, 2.45) is 0 Å². The van der Waals surface area contributed by atoms with Gasteiger partial charge in [-0.25, -0.2) is 16.8 Å². The summed E-state index contributed by atoms with van der Waals surface area (Å²) in [5, 5.41) is 17.7. The molecule has 1 aliphatic rings. The molecule has 1 saturated heterocycles. The summed E-state index contributed by atoms with van der Waals surface area (Å²) in [6, 6.07) is 14.5. The molecule has 2 aromatic carbocycles. The largest absolute Gasteiger partial charge is 0.243 e. The summed E-state index contributed by atoms with van der Waals surface area (Å²) in [5.74, 6) is 0. The number of nitrogens with zero attached hydrogens (tertiary/aromatic N) is 4. The van der Waals surface area contributed by atoms with Crippen LogP contribution < -0.4 is 0 Å².